The van der Waals surface area contributed by atoms with Crippen LogP contribution in [0.25, 0.3) is 0 Å². The molecule has 0 spiro atoms. The fourth-order valence-electron chi connectivity index (χ4n) is 2.56. The molecule has 0 fully saturated rings. The van der Waals surface area contributed by atoms with E-state index in [4.69, 9.17) is 16.3 Å². The summed E-state index contributed by atoms with van der Waals surface area (Å²) in [7, 11) is 1.53. The first-order valence-corrected chi connectivity index (χ1v) is 8.42. The molecule has 0 aliphatic carbocycles. The van der Waals surface area contributed by atoms with Gasteiger partial charge in [-0.3, -0.25) is 10.00 Å². The van der Waals surface area contributed by atoms with Gasteiger partial charge in [0.1, 0.15) is 5.75 Å². The van der Waals surface area contributed by atoms with Crippen molar-refractivity contribution in [3.8, 4) is 5.75 Å². The van der Waals surface area contributed by atoms with Crippen molar-refractivity contribution >= 4 is 29.1 Å². The van der Waals surface area contributed by atoms with Gasteiger partial charge in [-0.2, -0.15) is 5.10 Å². The highest BCUT2D eigenvalue weighted by atomic mass is 35.5. The molecule has 7 heteroatoms. The van der Waals surface area contributed by atoms with Crippen LogP contribution in [0.15, 0.2) is 54.7 Å². The maximum atomic E-state index is 12.2. The SMILES string of the molecule is COc1ccc(Cl)cc1NC(=O)Nc1ccn(Cc2cccc(C)c2)n1. The van der Waals surface area contributed by atoms with E-state index in [-0.39, 0.29) is 0 Å². The van der Waals surface area contributed by atoms with Gasteiger partial charge in [0.05, 0.1) is 19.3 Å². The molecule has 2 amide bonds. The third-order valence-corrected chi connectivity index (χ3v) is 3.95. The molecule has 0 saturated carbocycles. The minimum absolute atomic E-state index is 0.425. The van der Waals surface area contributed by atoms with E-state index in [1.165, 1.54) is 12.7 Å². The van der Waals surface area contributed by atoms with Gasteiger partial charge in [0.2, 0.25) is 0 Å². The molecule has 26 heavy (non-hydrogen) atoms. The van der Waals surface area contributed by atoms with Gasteiger partial charge in [-0.25, -0.2) is 4.79 Å². The third-order valence-electron chi connectivity index (χ3n) is 3.72. The fourth-order valence-corrected chi connectivity index (χ4v) is 2.73. The summed E-state index contributed by atoms with van der Waals surface area (Å²) in [5.74, 6) is 0.977. The number of methoxy groups -OCH3 is 1. The molecule has 1 aromatic heterocycles. The first-order valence-electron chi connectivity index (χ1n) is 8.04. The number of carbonyl (C=O) groups excluding carboxylic acids is 1. The molecule has 1 heterocycles. The Morgan fingerprint density at radius 1 is 1.19 bits per heavy atom. The number of ether oxygens (including phenoxy) is 1. The number of aryl methyl sites for hydroxylation is 1. The molecule has 0 saturated heterocycles. The van der Waals surface area contributed by atoms with Crippen LogP contribution in [-0.2, 0) is 6.54 Å². The Kier molecular flexibility index (Phi) is 5.43. The van der Waals surface area contributed by atoms with Crippen LogP contribution in [0.3, 0.4) is 0 Å². The summed E-state index contributed by atoms with van der Waals surface area (Å²) < 4.78 is 6.98. The summed E-state index contributed by atoms with van der Waals surface area (Å²) in [6.07, 6.45) is 1.82. The van der Waals surface area contributed by atoms with Crippen molar-refractivity contribution in [1.82, 2.24) is 9.78 Å². The van der Waals surface area contributed by atoms with Gasteiger partial charge in [0, 0.05) is 17.3 Å². The van der Waals surface area contributed by atoms with Crippen LogP contribution in [-0.4, -0.2) is 22.9 Å². The second-order valence-electron chi connectivity index (χ2n) is 5.81. The van der Waals surface area contributed by atoms with E-state index in [0.29, 0.717) is 28.8 Å². The summed E-state index contributed by atoms with van der Waals surface area (Å²) in [5.41, 5.74) is 2.83. The van der Waals surface area contributed by atoms with Gasteiger partial charge in [-0.15, -0.1) is 0 Å². The van der Waals surface area contributed by atoms with Gasteiger partial charge in [0.15, 0.2) is 5.82 Å². The average molecular weight is 371 g/mol. The summed E-state index contributed by atoms with van der Waals surface area (Å²) in [6, 6.07) is 14.5. The summed E-state index contributed by atoms with van der Waals surface area (Å²) >= 11 is 5.97. The van der Waals surface area contributed by atoms with Crippen molar-refractivity contribution in [2.45, 2.75) is 13.5 Å². The number of carbonyl (C=O) groups is 1. The van der Waals surface area contributed by atoms with Crippen LogP contribution in [0.4, 0.5) is 16.3 Å². The maximum absolute atomic E-state index is 12.2. The van der Waals surface area contributed by atoms with Crippen LogP contribution in [0.1, 0.15) is 11.1 Å². The smallest absolute Gasteiger partial charge is 0.325 e. The van der Waals surface area contributed by atoms with Gasteiger partial charge in [0.25, 0.3) is 0 Å². The lowest BCUT2D eigenvalue weighted by molar-refractivity contribution is 0.262. The maximum Gasteiger partial charge on any atom is 0.325 e. The molecule has 3 aromatic rings. The highest BCUT2D eigenvalue weighted by molar-refractivity contribution is 6.31. The van der Waals surface area contributed by atoms with E-state index in [1.807, 2.05) is 31.3 Å². The van der Waals surface area contributed by atoms with Gasteiger partial charge in [-0.05, 0) is 30.7 Å². The number of amides is 2. The molecule has 134 valence electrons. The number of nitrogens with one attached hydrogen (secondary N) is 2. The largest absolute Gasteiger partial charge is 0.495 e. The summed E-state index contributed by atoms with van der Waals surface area (Å²) in [5, 5.41) is 10.3. The van der Waals surface area contributed by atoms with E-state index >= 15 is 0 Å². The Morgan fingerprint density at radius 2 is 2.04 bits per heavy atom. The lowest BCUT2D eigenvalue weighted by Gasteiger charge is -2.10. The number of anilines is 2. The van der Waals surface area contributed by atoms with Crippen LogP contribution in [0.2, 0.25) is 5.02 Å². The predicted molar refractivity (Wildman–Crippen MR) is 103 cm³/mol. The zero-order chi connectivity index (χ0) is 18.5. The van der Waals surface area contributed by atoms with Crippen LogP contribution in [0.5, 0.6) is 5.75 Å². The van der Waals surface area contributed by atoms with E-state index in [9.17, 15) is 4.79 Å². The monoisotopic (exact) mass is 370 g/mol. The number of benzene rings is 2. The van der Waals surface area contributed by atoms with Crippen molar-refractivity contribution < 1.29 is 9.53 Å². The van der Waals surface area contributed by atoms with E-state index in [2.05, 4.69) is 21.8 Å². The molecule has 0 aliphatic rings. The van der Waals surface area contributed by atoms with Crippen LogP contribution in [0, 0.1) is 6.92 Å². The van der Waals surface area contributed by atoms with E-state index < -0.39 is 6.03 Å². The highest BCUT2D eigenvalue weighted by Crippen LogP contribution is 2.27. The van der Waals surface area contributed by atoms with E-state index in [1.54, 1.807) is 28.9 Å². The normalized spacial score (nSPS) is 10.4. The molecule has 0 aliphatic heterocycles. The van der Waals surface area contributed by atoms with Gasteiger partial charge in [-0.1, -0.05) is 41.4 Å². The van der Waals surface area contributed by atoms with Crippen molar-refractivity contribution in [3.63, 3.8) is 0 Å². The summed E-state index contributed by atoms with van der Waals surface area (Å²) in [6.45, 7) is 2.68. The number of aromatic nitrogens is 2. The molecule has 3 rings (SSSR count). The minimum Gasteiger partial charge on any atom is -0.495 e. The van der Waals surface area contributed by atoms with Crippen molar-refractivity contribution in [2.75, 3.05) is 17.7 Å². The third kappa shape index (κ3) is 4.55. The number of nitrogens with zero attached hydrogens (tertiary/aromatic N) is 2. The van der Waals surface area contributed by atoms with Crippen molar-refractivity contribution in [3.05, 3.63) is 70.9 Å². The Hall–Kier alpha value is -2.99. The highest BCUT2D eigenvalue weighted by Gasteiger charge is 2.10. The predicted octanol–water partition coefficient (Wildman–Crippen LogP) is 4.55. The minimum atomic E-state index is -0.425. The molecule has 2 aromatic carbocycles. The molecule has 2 N–H and O–H groups in total. The van der Waals surface area contributed by atoms with Crippen LogP contribution < -0.4 is 15.4 Å². The second-order valence-corrected chi connectivity index (χ2v) is 6.25. The number of rotatable bonds is 5. The molecular formula is C19H19ClN4O2. The number of halogens is 1. The fraction of sp³-hybridized carbons (Fsp3) is 0.158. The topological polar surface area (TPSA) is 68.2 Å². The first-order chi connectivity index (χ1) is 12.5. The molecular weight excluding hydrogens is 352 g/mol. The Labute approximate surface area is 156 Å². The molecule has 6 nitrogen and oxygen atoms in total. The molecule has 0 atom stereocenters. The zero-order valence-corrected chi connectivity index (χ0v) is 15.2. The number of hydrogen-bond acceptors (Lipinski definition) is 3. The Balaban J connectivity index is 1.64. The molecule has 0 radical (unpaired) electrons. The van der Waals surface area contributed by atoms with Gasteiger partial charge < -0.3 is 10.1 Å². The molecule has 0 bridgehead atoms. The zero-order valence-electron chi connectivity index (χ0n) is 14.5. The Bertz CT molecular complexity index is 923. The quantitative estimate of drug-likeness (QED) is 0.692. The summed E-state index contributed by atoms with van der Waals surface area (Å²) in [4.78, 5) is 12.2. The standard InChI is InChI=1S/C19H19ClN4O2/c1-13-4-3-5-14(10-13)12-24-9-8-18(23-24)22-19(25)21-16-11-15(20)6-7-17(16)26-2/h3-11H,12H2,1-2H3,(H2,21,22,23,25). The van der Waals surface area contributed by atoms with E-state index in [0.717, 1.165) is 5.56 Å². The Morgan fingerprint density at radius 3 is 2.81 bits per heavy atom. The number of urea groups is 1. The van der Waals surface area contributed by atoms with Crippen molar-refractivity contribution in [2.24, 2.45) is 0 Å². The lowest BCUT2D eigenvalue weighted by atomic mass is 10.1. The number of hydrogen-bond donors (Lipinski definition) is 2. The van der Waals surface area contributed by atoms with Crippen LogP contribution >= 0.6 is 11.6 Å². The second kappa shape index (κ2) is 7.93. The van der Waals surface area contributed by atoms with Crippen molar-refractivity contribution in [1.29, 1.82) is 0 Å². The first kappa shape index (κ1) is 17.8. The lowest BCUT2D eigenvalue weighted by Crippen LogP contribution is -2.20. The molecule has 0 unspecified atom stereocenters. The van der Waals surface area contributed by atoms with Gasteiger partial charge >= 0.3 is 6.03 Å². The average Bonchev–Trinajstić information content (AvgIpc) is 3.01.